The summed E-state index contributed by atoms with van der Waals surface area (Å²) in [5.41, 5.74) is 2.25. The van der Waals surface area contributed by atoms with Crippen molar-refractivity contribution in [2.24, 2.45) is 0 Å². The van der Waals surface area contributed by atoms with E-state index >= 15 is 0 Å². The zero-order valence-electron chi connectivity index (χ0n) is 14.4. The number of fused-ring (bicyclic) bond motifs is 1. The number of nitrogens with zero attached hydrogens (tertiary/aromatic N) is 1. The first-order valence-corrected chi connectivity index (χ1v) is 8.86. The fourth-order valence-electron chi connectivity index (χ4n) is 3.28. The predicted molar refractivity (Wildman–Crippen MR) is 99.0 cm³/mol. The molecule has 132 valence electrons. The van der Waals surface area contributed by atoms with Gasteiger partial charge in [-0.3, -0.25) is 9.59 Å². The van der Waals surface area contributed by atoms with Crippen LogP contribution >= 0.6 is 0 Å². The first-order valence-electron chi connectivity index (χ1n) is 8.86. The molecule has 4 rings (SSSR count). The van der Waals surface area contributed by atoms with E-state index in [2.05, 4.69) is 5.32 Å². The van der Waals surface area contributed by atoms with Crippen molar-refractivity contribution in [3.05, 3.63) is 71.5 Å². The summed E-state index contributed by atoms with van der Waals surface area (Å²) in [6.07, 6.45) is 2.14. The van der Waals surface area contributed by atoms with Crippen molar-refractivity contribution in [2.75, 3.05) is 13.1 Å². The third-order valence-electron chi connectivity index (χ3n) is 4.67. The normalized spacial score (nSPS) is 13.9. The molecule has 2 aromatic carbocycles. The van der Waals surface area contributed by atoms with E-state index in [1.54, 1.807) is 6.07 Å². The van der Waals surface area contributed by atoms with E-state index in [1.807, 2.05) is 53.4 Å². The summed E-state index contributed by atoms with van der Waals surface area (Å²) in [5.74, 6) is 0.0842. The molecule has 1 N–H and O–H groups in total. The molecule has 1 fully saturated rings. The second-order valence-electron chi connectivity index (χ2n) is 6.53. The summed E-state index contributed by atoms with van der Waals surface area (Å²) in [5, 5.41) is 3.75. The third kappa shape index (κ3) is 3.33. The fourth-order valence-corrected chi connectivity index (χ4v) is 3.28. The smallest absolute Gasteiger partial charge is 0.287 e. The number of carbonyl (C=O) groups is 2. The van der Waals surface area contributed by atoms with Crippen molar-refractivity contribution in [1.29, 1.82) is 0 Å². The van der Waals surface area contributed by atoms with Crippen LogP contribution in [0.2, 0.25) is 0 Å². The van der Waals surface area contributed by atoms with Crippen molar-refractivity contribution in [3.8, 4) is 0 Å². The van der Waals surface area contributed by atoms with E-state index in [0.29, 0.717) is 17.7 Å². The van der Waals surface area contributed by atoms with E-state index in [-0.39, 0.29) is 17.6 Å². The molecule has 0 unspecified atom stereocenters. The van der Waals surface area contributed by atoms with Gasteiger partial charge in [-0.25, -0.2) is 0 Å². The van der Waals surface area contributed by atoms with Crippen molar-refractivity contribution in [2.45, 2.75) is 19.4 Å². The number of rotatable bonds is 4. The van der Waals surface area contributed by atoms with Crippen LogP contribution in [0.1, 0.15) is 39.3 Å². The van der Waals surface area contributed by atoms with Gasteiger partial charge in [-0.15, -0.1) is 0 Å². The number of benzene rings is 2. The van der Waals surface area contributed by atoms with Gasteiger partial charge >= 0.3 is 0 Å². The largest absolute Gasteiger partial charge is 0.451 e. The fraction of sp³-hybridized carbons (Fsp3) is 0.238. The summed E-state index contributed by atoms with van der Waals surface area (Å²) < 4.78 is 5.57. The van der Waals surface area contributed by atoms with E-state index < -0.39 is 0 Å². The number of amides is 2. The lowest BCUT2D eigenvalue weighted by Crippen LogP contribution is -2.28. The maximum absolute atomic E-state index is 12.5. The van der Waals surface area contributed by atoms with Gasteiger partial charge in [0, 0.05) is 30.6 Å². The topological polar surface area (TPSA) is 62.6 Å². The lowest BCUT2D eigenvalue weighted by Gasteiger charge is -2.15. The molecule has 1 aliphatic heterocycles. The van der Waals surface area contributed by atoms with Gasteiger partial charge in [0.2, 0.25) is 0 Å². The molecule has 5 heteroatoms. The van der Waals surface area contributed by atoms with E-state index in [9.17, 15) is 9.59 Å². The highest BCUT2D eigenvalue weighted by Crippen LogP contribution is 2.19. The second-order valence-corrected chi connectivity index (χ2v) is 6.53. The highest BCUT2D eigenvalue weighted by molar-refractivity contribution is 5.96. The second kappa shape index (κ2) is 7.04. The van der Waals surface area contributed by atoms with Crippen LogP contribution in [0.15, 0.2) is 59.0 Å². The number of likely N-dealkylation sites (tertiary alicyclic amines) is 1. The van der Waals surface area contributed by atoms with Gasteiger partial charge in [0.15, 0.2) is 5.76 Å². The summed E-state index contributed by atoms with van der Waals surface area (Å²) in [7, 11) is 0. The third-order valence-corrected chi connectivity index (χ3v) is 4.67. The first-order chi connectivity index (χ1) is 12.7. The standard InChI is InChI=1S/C21H20N2O3/c24-20(19-13-16-7-1-2-9-18(16)26-19)22-14-15-6-5-8-17(12-15)21(25)23-10-3-4-11-23/h1-2,5-9,12-13H,3-4,10-11,14H2,(H,22,24). The van der Waals surface area contributed by atoms with E-state index in [1.165, 1.54) is 0 Å². The Hall–Kier alpha value is -3.08. The van der Waals surface area contributed by atoms with Gasteiger partial charge in [0.25, 0.3) is 11.8 Å². The van der Waals surface area contributed by atoms with Crippen LogP contribution in [0.25, 0.3) is 11.0 Å². The van der Waals surface area contributed by atoms with Crippen LogP contribution in [-0.4, -0.2) is 29.8 Å². The maximum atomic E-state index is 12.5. The van der Waals surface area contributed by atoms with Gasteiger partial charge in [-0.1, -0.05) is 30.3 Å². The highest BCUT2D eigenvalue weighted by atomic mass is 16.3. The van der Waals surface area contributed by atoms with Gasteiger partial charge in [0.05, 0.1) is 0 Å². The molecule has 0 radical (unpaired) electrons. The SMILES string of the molecule is O=C(NCc1cccc(C(=O)N2CCCC2)c1)c1cc2ccccc2o1. The number of hydrogen-bond donors (Lipinski definition) is 1. The number of furan rings is 1. The quantitative estimate of drug-likeness (QED) is 0.784. The molecule has 0 spiro atoms. The zero-order chi connectivity index (χ0) is 17.9. The van der Waals surface area contributed by atoms with Crippen LogP contribution in [-0.2, 0) is 6.54 Å². The molecule has 5 nitrogen and oxygen atoms in total. The van der Waals surface area contributed by atoms with Crippen LogP contribution < -0.4 is 5.32 Å². The maximum Gasteiger partial charge on any atom is 0.287 e. The first kappa shape index (κ1) is 16.4. The molecular formula is C21H20N2O3. The van der Waals surface area contributed by atoms with Gasteiger partial charge in [-0.05, 0) is 42.7 Å². The number of para-hydroxylation sites is 1. The Kier molecular flexibility index (Phi) is 4.44. The van der Waals surface area contributed by atoms with Crippen molar-refractivity contribution < 1.29 is 14.0 Å². The molecule has 1 aliphatic rings. The Labute approximate surface area is 151 Å². The van der Waals surface area contributed by atoms with Crippen LogP contribution in [0, 0.1) is 0 Å². The monoisotopic (exact) mass is 348 g/mol. The highest BCUT2D eigenvalue weighted by Gasteiger charge is 2.19. The summed E-state index contributed by atoms with van der Waals surface area (Å²) >= 11 is 0. The molecule has 0 atom stereocenters. The molecule has 26 heavy (non-hydrogen) atoms. The molecule has 0 aliphatic carbocycles. The molecule has 1 saturated heterocycles. The Morgan fingerprint density at radius 1 is 1.00 bits per heavy atom. The Bertz CT molecular complexity index is 922. The molecule has 1 aromatic heterocycles. The summed E-state index contributed by atoms with van der Waals surface area (Å²) in [6, 6.07) is 16.7. The summed E-state index contributed by atoms with van der Waals surface area (Å²) in [6.45, 7) is 1.99. The van der Waals surface area contributed by atoms with Crippen molar-refractivity contribution >= 4 is 22.8 Å². The molecule has 0 saturated carbocycles. The Morgan fingerprint density at radius 3 is 2.62 bits per heavy atom. The van der Waals surface area contributed by atoms with Gasteiger partial charge < -0.3 is 14.6 Å². The van der Waals surface area contributed by atoms with E-state index in [0.717, 1.165) is 36.9 Å². The molecule has 2 heterocycles. The molecular weight excluding hydrogens is 328 g/mol. The van der Waals surface area contributed by atoms with E-state index in [4.69, 9.17) is 4.42 Å². The number of carbonyl (C=O) groups excluding carboxylic acids is 2. The van der Waals surface area contributed by atoms with Crippen LogP contribution in [0.3, 0.4) is 0 Å². The van der Waals surface area contributed by atoms with Crippen molar-refractivity contribution in [1.82, 2.24) is 10.2 Å². The lowest BCUT2D eigenvalue weighted by molar-refractivity contribution is 0.0792. The Balaban J connectivity index is 1.43. The molecule has 2 amide bonds. The minimum absolute atomic E-state index is 0.0629. The molecule has 0 bridgehead atoms. The molecule has 3 aromatic rings. The summed E-state index contributed by atoms with van der Waals surface area (Å²) in [4.78, 5) is 26.7. The minimum Gasteiger partial charge on any atom is -0.451 e. The number of nitrogens with one attached hydrogen (secondary N) is 1. The lowest BCUT2D eigenvalue weighted by atomic mass is 10.1. The van der Waals surface area contributed by atoms with Crippen LogP contribution in [0.4, 0.5) is 0 Å². The zero-order valence-corrected chi connectivity index (χ0v) is 14.4. The van der Waals surface area contributed by atoms with Gasteiger partial charge in [-0.2, -0.15) is 0 Å². The Morgan fingerprint density at radius 2 is 1.81 bits per heavy atom. The van der Waals surface area contributed by atoms with Crippen LogP contribution in [0.5, 0.6) is 0 Å². The number of hydrogen-bond acceptors (Lipinski definition) is 3. The average Bonchev–Trinajstić information content (AvgIpc) is 3.35. The predicted octanol–water partition coefficient (Wildman–Crippen LogP) is 3.60. The minimum atomic E-state index is -0.266. The van der Waals surface area contributed by atoms with Crippen molar-refractivity contribution in [3.63, 3.8) is 0 Å². The van der Waals surface area contributed by atoms with Gasteiger partial charge in [0.1, 0.15) is 5.58 Å². The average molecular weight is 348 g/mol.